The van der Waals surface area contributed by atoms with Gasteiger partial charge in [-0.15, -0.1) is 0 Å². The van der Waals surface area contributed by atoms with E-state index in [0.717, 1.165) is 10.9 Å². The minimum Gasteiger partial charge on any atom is -0.467 e. The van der Waals surface area contributed by atoms with Gasteiger partial charge >= 0.3 is 12.0 Å². The van der Waals surface area contributed by atoms with Gasteiger partial charge in [-0.05, 0) is 18.1 Å². The average molecular weight is 386 g/mol. The van der Waals surface area contributed by atoms with Gasteiger partial charge in [0.05, 0.1) is 7.11 Å². The molecule has 150 valence electrons. The molecule has 8 heteroatoms. The number of nitrogens with one attached hydrogen (secondary N) is 2. The molecular weight excluding hydrogens is 360 g/mol. The number of fused-ring (bicyclic) bond motifs is 1. The third-order valence-corrected chi connectivity index (χ3v) is 5.02. The Morgan fingerprint density at radius 1 is 1.07 bits per heavy atom. The lowest BCUT2D eigenvalue weighted by Gasteiger charge is -2.35. The van der Waals surface area contributed by atoms with E-state index in [1.165, 1.54) is 7.11 Å². The molecule has 1 saturated heterocycles. The first-order valence-electron chi connectivity index (χ1n) is 9.41. The summed E-state index contributed by atoms with van der Waals surface area (Å²) >= 11 is 0. The quantitative estimate of drug-likeness (QED) is 0.784. The molecule has 1 aromatic heterocycles. The molecule has 28 heavy (non-hydrogen) atoms. The van der Waals surface area contributed by atoms with Crippen molar-refractivity contribution in [2.24, 2.45) is 5.92 Å². The number of hydrogen-bond acceptors (Lipinski definition) is 4. The van der Waals surface area contributed by atoms with Crippen LogP contribution in [-0.2, 0) is 9.53 Å². The van der Waals surface area contributed by atoms with Gasteiger partial charge in [-0.25, -0.2) is 9.59 Å². The molecule has 8 nitrogen and oxygen atoms in total. The van der Waals surface area contributed by atoms with Gasteiger partial charge in [-0.3, -0.25) is 4.79 Å². The summed E-state index contributed by atoms with van der Waals surface area (Å²) < 4.78 is 4.76. The Bertz CT molecular complexity index is 835. The number of rotatable bonds is 4. The standard InChI is InChI=1S/C20H26N4O4/c1-13(2)17(19(26)28-3)22-20(27)24-10-8-23(9-11-24)18(25)16-12-14-6-4-5-7-15(14)21-16/h4-7,12-13,17,21H,8-11H2,1-3H3,(H,22,27)/t17-/m0/s1. The van der Waals surface area contributed by atoms with E-state index in [4.69, 9.17) is 4.74 Å². The predicted molar refractivity (Wildman–Crippen MR) is 105 cm³/mol. The molecule has 0 unspecified atom stereocenters. The number of urea groups is 1. The number of esters is 1. The third kappa shape index (κ3) is 4.11. The highest BCUT2D eigenvalue weighted by molar-refractivity contribution is 5.98. The topological polar surface area (TPSA) is 94.7 Å². The van der Waals surface area contributed by atoms with E-state index in [1.807, 2.05) is 44.2 Å². The number of amides is 3. The SMILES string of the molecule is COC(=O)[C@@H](NC(=O)N1CCN(C(=O)c2cc3ccccc3[nH]2)CC1)C(C)C. The molecular formula is C20H26N4O4. The third-order valence-electron chi connectivity index (χ3n) is 5.02. The van der Waals surface area contributed by atoms with Crippen LogP contribution in [0.5, 0.6) is 0 Å². The molecule has 2 N–H and O–H groups in total. The average Bonchev–Trinajstić information content (AvgIpc) is 3.14. The van der Waals surface area contributed by atoms with Gasteiger partial charge in [0.25, 0.3) is 5.91 Å². The van der Waals surface area contributed by atoms with E-state index in [0.29, 0.717) is 31.9 Å². The number of aromatic nitrogens is 1. The van der Waals surface area contributed by atoms with Crippen LogP contribution in [-0.4, -0.2) is 72.0 Å². The first-order chi connectivity index (χ1) is 13.4. The number of para-hydroxylation sites is 1. The molecule has 0 aliphatic carbocycles. The lowest BCUT2D eigenvalue weighted by molar-refractivity contribution is -0.144. The first-order valence-corrected chi connectivity index (χ1v) is 9.41. The largest absolute Gasteiger partial charge is 0.467 e. The van der Waals surface area contributed by atoms with Crippen molar-refractivity contribution in [3.05, 3.63) is 36.0 Å². The molecule has 1 aromatic carbocycles. The molecule has 0 bridgehead atoms. The summed E-state index contributed by atoms with van der Waals surface area (Å²) in [5, 5.41) is 3.73. The number of methoxy groups -OCH3 is 1. The van der Waals surface area contributed by atoms with Crippen LogP contribution in [0, 0.1) is 5.92 Å². The number of piperazine rings is 1. The minimum absolute atomic E-state index is 0.0779. The second kappa shape index (κ2) is 8.33. The number of aromatic amines is 1. The molecule has 0 saturated carbocycles. The zero-order chi connectivity index (χ0) is 20.3. The second-order valence-corrected chi connectivity index (χ2v) is 7.24. The zero-order valence-electron chi connectivity index (χ0n) is 16.4. The summed E-state index contributed by atoms with van der Waals surface area (Å²) in [5.74, 6) is -0.622. The van der Waals surface area contributed by atoms with Crippen molar-refractivity contribution in [3.63, 3.8) is 0 Å². The molecule has 0 radical (unpaired) electrons. The maximum atomic E-state index is 12.8. The Morgan fingerprint density at radius 2 is 1.71 bits per heavy atom. The van der Waals surface area contributed by atoms with Gasteiger partial charge in [0, 0.05) is 37.1 Å². The molecule has 1 aliphatic heterocycles. The Balaban J connectivity index is 1.58. The number of H-pyrrole nitrogens is 1. The number of nitrogens with zero attached hydrogens (tertiary/aromatic N) is 2. The first kappa shape index (κ1) is 19.7. The van der Waals surface area contributed by atoms with E-state index in [9.17, 15) is 14.4 Å². The van der Waals surface area contributed by atoms with Crippen molar-refractivity contribution >= 4 is 28.8 Å². The number of carbonyl (C=O) groups excluding carboxylic acids is 3. The molecule has 3 amide bonds. The fourth-order valence-corrected chi connectivity index (χ4v) is 3.32. The summed E-state index contributed by atoms with van der Waals surface area (Å²) in [4.78, 5) is 43.6. The van der Waals surface area contributed by atoms with Gasteiger partial charge in [-0.1, -0.05) is 32.0 Å². The lowest BCUT2D eigenvalue weighted by Crippen LogP contribution is -2.56. The van der Waals surface area contributed by atoms with Crippen LogP contribution >= 0.6 is 0 Å². The normalized spacial score (nSPS) is 15.6. The monoisotopic (exact) mass is 386 g/mol. The van der Waals surface area contributed by atoms with Crippen molar-refractivity contribution in [1.82, 2.24) is 20.1 Å². The highest BCUT2D eigenvalue weighted by Crippen LogP contribution is 2.17. The van der Waals surface area contributed by atoms with Gasteiger partial charge in [-0.2, -0.15) is 0 Å². The van der Waals surface area contributed by atoms with E-state index in [2.05, 4.69) is 10.3 Å². The van der Waals surface area contributed by atoms with Crippen molar-refractivity contribution in [3.8, 4) is 0 Å². The Morgan fingerprint density at radius 3 is 2.32 bits per heavy atom. The summed E-state index contributed by atoms with van der Waals surface area (Å²) in [5.41, 5.74) is 1.47. The smallest absolute Gasteiger partial charge is 0.328 e. The summed E-state index contributed by atoms with van der Waals surface area (Å²) in [6, 6.07) is 8.58. The number of hydrogen-bond donors (Lipinski definition) is 2. The fraction of sp³-hybridized carbons (Fsp3) is 0.450. The number of benzene rings is 1. The number of carbonyl (C=O) groups is 3. The molecule has 1 atom stereocenters. The predicted octanol–water partition coefficient (Wildman–Crippen LogP) is 1.83. The van der Waals surface area contributed by atoms with Crippen LogP contribution in [0.4, 0.5) is 4.79 Å². The van der Waals surface area contributed by atoms with E-state index in [-0.39, 0.29) is 17.9 Å². The highest BCUT2D eigenvalue weighted by atomic mass is 16.5. The van der Waals surface area contributed by atoms with Crippen molar-refractivity contribution in [2.75, 3.05) is 33.3 Å². The Hall–Kier alpha value is -3.03. The van der Waals surface area contributed by atoms with Crippen molar-refractivity contribution in [1.29, 1.82) is 0 Å². The van der Waals surface area contributed by atoms with E-state index >= 15 is 0 Å². The minimum atomic E-state index is -0.691. The van der Waals surface area contributed by atoms with Crippen LogP contribution in [0.2, 0.25) is 0 Å². The van der Waals surface area contributed by atoms with Crippen molar-refractivity contribution < 1.29 is 19.1 Å². The van der Waals surface area contributed by atoms with Crippen LogP contribution in [0.3, 0.4) is 0 Å². The van der Waals surface area contributed by atoms with Crippen molar-refractivity contribution in [2.45, 2.75) is 19.9 Å². The molecule has 1 aliphatic rings. The Labute approximate surface area is 163 Å². The van der Waals surface area contributed by atoms with E-state index in [1.54, 1.807) is 9.80 Å². The molecule has 1 fully saturated rings. The molecule has 2 heterocycles. The second-order valence-electron chi connectivity index (χ2n) is 7.24. The van der Waals surface area contributed by atoms with Gasteiger partial charge in [0.1, 0.15) is 11.7 Å². The maximum absolute atomic E-state index is 12.8. The van der Waals surface area contributed by atoms with Crippen LogP contribution in [0.1, 0.15) is 24.3 Å². The summed E-state index contributed by atoms with van der Waals surface area (Å²) in [7, 11) is 1.30. The lowest BCUT2D eigenvalue weighted by atomic mass is 10.1. The number of ether oxygens (including phenoxy) is 1. The van der Waals surface area contributed by atoms with Gasteiger partial charge in [0.15, 0.2) is 0 Å². The summed E-state index contributed by atoms with van der Waals surface area (Å²) in [6.45, 7) is 5.38. The Kier molecular flexibility index (Phi) is 5.87. The maximum Gasteiger partial charge on any atom is 0.328 e. The van der Waals surface area contributed by atoms with Crippen LogP contribution in [0.25, 0.3) is 10.9 Å². The highest BCUT2D eigenvalue weighted by Gasteiger charge is 2.30. The van der Waals surface area contributed by atoms with Gasteiger partial charge < -0.3 is 24.8 Å². The molecule has 3 rings (SSSR count). The van der Waals surface area contributed by atoms with Crippen LogP contribution < -0.4 is 5.32 Å². The van der Waals surface area contributed by atoms with Gasteiger partial charge in [0.2, 0.25) is 0 Å². The zero-order valence-corrected chi connectivity index (χ0v) is 16.4. The van der Waals surface area contributed by atoms with E-state index < -0.39 is 12.0 Å². The molecule has 2 aromatic rings. The fourth-order valence-electron chi connectivity index (χ4n) is 3.32. The van der Waals surface area contributed by atoms with Crippen LogP contribution in [0.15, 0.2) is 30.3 Å². The summed E-state index contributed by atoms with van der Waals surface area (Å²) in [6.07, 6.45) is 0. The molecule has 0 spiro atoms.